The van der Waals surface area contributed by atoms with Crippen LogP contribution in [0.5, 0.6) is 0 Å². The van der Waals surface area contributed by atoms with Crippen molar-refractivity contribution in [2.45, 2.75) is 18.8 Å². The van der Waals surface area contributed by atoms with Crippen molar-refractivity contribution >= 4 is 11.4 Å². The molecule has 0 bridgehead atoms. The Kier molecular flexibility index (Phi) is 3.14. The molecule has 0 radical (unpaired) electrons. The van der Waals surface area contributed by atoms with Crippen molar-refractivity contribution in [3.05, 3.63) is 34.1 Å². The third-order valence-corrected chi connectivity index (χ3v) is 2.97. The van der Waals surface area contributed by atoms with Gasteiger partial charge in [-0.25, -0.2) is 13.2 Å². The Morgan fingerprint density at radius 1 is 1.28 bits per heavy atom. The van der Waals surface area contributed by atoms with Gasteiger partial charge in [-0.15, -0.1) is 0 Å². The van der Waals surface area contributed by atoms with E-state index >= 15 is 0 Å². The van der Waals surface area contributed by atoms with Crippen LogP contribution in [-0.4, -0.2) is 23.9 Å². The summed E-state index contributed by atoms with van der Waals surface area (Å²) in [5.41, 5.74) is -0.197. The maximum atomic E-state index is 13.0. The second kappa shape index (κ2) is 4.47. The molecule has 4 nitrogen and oxygen atoms in total. The zero-order valence-corrected chi connectivity index (χ0v) is 9.41. The number of rotatable bonds is 2. The van der Waals surface area contributed by atoms with Crippen LogP contribution in [0.4, 0.5) is 24.5 Å². The number of nitrogens with zero attached hydrogens (tertiary/aromatic N) is 2. The lowest BCUT2D eigenvalue weighted by atomic mass is 10.1. The van der Waals surface area contributed by atoms with E-state index in [2.05, 4.69) is 0 Å². The Morgan fingerprint density at radius 3 is 2.44 bits per heavy atom. The third-order valence-electron chi connectivity index (χ3n) is 2.97. The molecule has 1 aliphatic heterocycles. The van der Waals surface area contributed by atoms with E-state index in [-0.39, 0.29) is 37.3 Å². The molecule has 0 aromatic heterocycles. The van der Waals surface area contributed by atoms with Gasteiger partial charge < -0.3 is 4.90 Å². The number of hydrogen-bond acceptors (Lipinski definition) is 3. The molecule has 1 aromatic rings. The first-order valence-corrected chi connectivity index (χ1v) is 5.46. The van der Waals surface area contributed by atoms with E-state index in [1.165, 1.54) is 11.0 Å². The number of alkyl halides is 2. The Labute approximate surface area is 101 Å². The van der Waals surface area contributed by atoms with Crippen LogP contribution in [0.15, 0.2) is 18.2 Å². The maximum Gasteiger partial charge on any atom is 0.295 e. The van der Waals surface area contributed by atoms with Crippen molar-refractivity contribution in [1.82, 2.24) is 0 Å². The second-order valence-electron chi connectivity index (χ2n) is 4.23. The first-order valence-electron chi connectivity index (χ1n) is 5.46. The minimum Gasteiger partial charge on any atom is -0.366 e. The first-order chi connectivity index (χ1) is 8.39. The zero-order chi connectivity index (χ0) is 13.3. The summed E-state index contributed by atoms with van der Waals surface area (Å²) in [5.74, 6) is -3.43. The monoisotopic (exact) mass is 260 g/mol. The van der Waals surface area contributed by atoms with Gasteiger partial charge in [0.1, 0.15) is 11.5 Å². The standard InChI is InChI=1S/C11H11F3N2O2/c12-8-1-2-9(10(7-8)16(17)18)15-5-3-11(13,14)4-6-15/h1-2,7H,3-6H2. The van der Waals surface area contributed by atoms with E-state index in [1.807, 2.05) is 0 Å². The Hall–Kier alpha value is -1.79. The van der Waals surface area contributed by atoms with Gasteiger partial charge in [0.05, 0.1) is 11.0 Å². The number of nitro benzene ring substituents is 1. The van der Waals surface area contributed by atoms with Crippen LogP contribution in [0, 0.1) is 15.9 Å². The van der Waals surface area contributed by atoms with E-state index in [0.717, 1.165) is 12.1 Å². The van der Waals surface area contributed by atoms with Gasteiger partial charge in [-0.05, 0) is 12.1 Å². The normalized spacial score (nSPS) is 18.7. The van der Waals surface area contributed by atoms with Gasteiger partial charge in [-0.1, -0.05) is 0 Å². The van der Waals surface area contributed by atoms with Crippen LogP contribution in [0.2, 0.25) is 0 Å². The van der Waals surface area contributed by atoms with E-state index in [1.54, 1.807) is 0 Å². The van der Waals surface area contributed by atoms with E-state index < -0.39 is 16.7 Å². The molecule has 7 heteroatoms. The van der Waals surface area contributed by atoms with Crippen molar-refractivity contribution in [3.63, 3.8) is 0 Å². The van der Waals surface area contributed by atoms with Gasteiger partial charge in [0.15, 0.2) is 0 Å². The number of halogens is 3. The van der Waals surface area contributed by atoms with Gasteiger partial charge >= 0.3 is 0 Å². The van der Waals surface area contributed by atoms with Gasteiger partial charge in [0, 0.05) is 25.9 Å². The molecule has 0 spiro atoms. The fraction of sp³-hybridized carbons (Fsp3) is 0.455. The number of anilines is 1. The van der Waals surface area contributed by atoms with Crippen molar-refractivity contribution in [2.75, 3.05) is 18.0 Å². The van der Waals surface area contributed by atoms with Crippen LogP contribution in [0.25, 0.3) is 0 Å². The average molecular weight is 260 g/mol. The minimum atomic E-state index is -2.72. The summed E-state index contributed by atoms with van der Waals surface area (Å²) in [6.45, 7) is 0.0545. The highest BCUT2D eigenvalue weighted by Crippen LogP contribution is 2.34. The lowest BCUT2D eigenvalue weighted by Crippen LogP contribution is -2.39. The molecule has 1 heterocycles. The molecule has 0 amide bonds. The topological polar surface area (TPSA) is 46.4 Å². The smallest absolute Gasteiger partial charge is 0.295 e. The van der Waals surface area contributed by atoms with Gasteiger partial charge in [-0.2, -0.15) is 0 Å². The molecular weight excluding hydrogens is 249 g/mol. The van der Waals surface area contributed by atoms with Crippen molar-refractivity contribution in [3.8, 4) is 0 Å². The summed E-state index contributed by atoms with van der Waals surface area (Å²) in [5, 5.41) is 10.8. The van der Waals surface area contributed by atoms with Crippen LogP contribution in [0.1, 0.15) is 12.8 Å². The highest BCUT2D eigenvalue weighted by Gasteiger charge is 2.35. The predicted molar refractivity (Wildman–Crippen MR) is 59.4 cm³/mol. The number of benzene rings is 1. The predicted octanol–water partition coefficient (Wildman–Crippen LogP) is 2.97. The second-order valence-corrected chi connectivity index (χ2v) is 4.23. The summed E-state index contributed by atoms with van der Waals surface area (Å²) in [7, 11) is 0. The summed E-state index contributed by atoms with van der Waals surface area (Å²) < 4.78 is 38.9. The minimum absolute atomic E-state index is 0.0273. The lowest BCUT2D eigenvalue weighted by molar-refractivity contribution is -0.384. The number of nitro groups is 1. The molecule has 2 rings (SSSR count). The Balaban J connectivity index is 2.26. The van der Waals surface area contributed by atoms with Crippen molar-refractivity contribution in [2.24, 2.45) is 0 Å². The van der Waals surface area contributed by atoms with E-state index in [4.69, 9.17) is 0 Å². The molecule has 18 heavy (non-hydrogen) atoms. The molecule has 98 valence electrons. The van der Waals surface area contributed by atoms with Gasteiger partial charge in [0.2, 0.25) is 0 Å². The van der Waals surface area contributed by atoms with Crippen LogP contribution >= 0.6 is 0 Å². The Bertz CT molecular complexity index is 469. The fourth-order valence-corrected chi connectivity index (χ4v) is 1.98. The molecule has 1 fully saturated rings. The van der Waals surface area contributed by atoms with Crippen LogP contribution in [0.3, 0.4) is 0 Å². The fourth-order valence-electron chi connectivity index (χ4n) is 1.98. The van der Waals surface area contributed by atoms with Crippen LogP contribution < -0.4 is 4.90 Å². The maximum absolute atomic E-state index is 13.0. The highest BCUT2D eigenvalue weighted by molar-refractivity contribution is 5.63. The largest absolute Gasteiger partial charge is 0.366 e. The average Bonchev–Trinajstić information content (AvgIpc) is 2.29. The molecule has 0 N–H and O–H groups in total. The van der Waals surface area contributed by atoms with E-state index in [9.17, 15) is 23.3 Å². The van der Waals surface area contributed by atoms with Gasteiger partial charge in [0.25, 0.3) is 11.6 Å². The number of hydrogen-bond donors (Lipinski definition) is 0. The highest BCUT2D eigenvalue weighted by atomic mass is 19.3. The molecule has 0 aliphatic carbocycles. The summed E-state index contributed by atoms with van der Waals surface area (Å²) in [6.07, 6.45) is -0.691. The molecule has 1 saturated heterocycles. The first kappa shape index (κ1) is 12.7. The lowest BCUT2D eigenvalue weighted by Gasteiger charge is -2.32. The van der Waals surface area contributed by atoms with Crippen molar-refractivity contribution in [1.29, 1.82) is 0 Å². The summed E-state index contributed by atoms with van der Waals surface area (Å²) >= 11 is 0. The molecular formula is C11H11F3N2O2. The summed E-state index contributed by atoms with van der Waals surface area (Å²) in [6, 6.07) is 3.16. The molecule has 1 aliphatic rings. The third kappa shape index (κ3) is 2.55. The SMILES string of the molecule is O=[N+]([O-])c1cc(F)ccc1N1CCC(F)(F)CC1. The van der Waals surface area contributed by atoms with Crippen LogP contribution in [-0.2, 0) is 0 Å². The number of piperidine rings is 1. The molecule has 0 atom stereocenters. The summed E-state index contributed by atoms with van der Waals surface area (Å²) in [4.78, 5) is 11.6. The van der Waals surface area contributed by atoms with Gasteiger partial charge in [-0.3, -0.25) is 10.1 Å². The Morgan fingerprint density at radius 2 is 1.89 bits per heavy atom. The molecule has 0 unspecified atom stereocenters. The van der Waals surface area contributed by atoms with E-state index in [0.29, 0.717) is 0 Å². The van der Waals surface area contributed by atoms with Crippen molar-refractivity contribution < 1.29 is 18.1 Å². The molecule has 0 saturated carbocycles. The quantitative estimate of drug-likeness (QED) is 0.606. The zero-order valence-electron chi connectivity index (χ0n) is 9.41. The molecule has 1 aromatic carbocycles.